The van der Waals surface area contributed by atoms with Crippen LogP contribution >= 0.6 is 0 Å². The number of hydrogen-bond donors (Lipinski definition) is 2. The van der Waals surface area contributed by atoms with Gasteiger partial charge in [0.1, 0.15) is 0 Å². The van der Waals surface area contributed by atoms with Gasteiger partial charge in [-0.15, -0.1) is 0 Å². The van der Waals surface area contributed by atoms with Gasteiger partial charge >= 0.3 is 12.0 Å². The summed E-state index contributed by atoms with van der Waals surface area (Å²) in [5, 5.41) is 12.2. The Balaban J connectivity index is 1.94. The summed E-state index contributed by atoms with van der Waals surface area (Å²) >= 11 is 0. The van der Waals surface area contributed by atoms with Crippen LogP contribution in [-0.4, -0.2) is 65.7 Å². The number of hydrogen-bond acceptors (Lipinski definition) is 3. The Morgan fingerprint density at radius 2 is 1.90 bits per heavy atom. The molecule has 0 aromatic carbocycles. The highest BCUT2D eigenvalue weighted by Gasteiger charge is 2.34. The van der Waals surface area contributed by atoms with Crippen LogP contribution in [0.4, 0.5) is 4.79 Å². The van der Waals surface area contributed by atoms with Crippen LogP contribution in [0, 0.1) is 5.92 Å². The van der Waals surface area contributed by atoms with Crippen molar-refractivity contribution < 1.29 is 14.7 Å². The highest BCUT2D eigenvalue weighted by atomic mass is 16.4. The van der Waals surface area contributed by atoms with E-state index in [2.05, 4.69) is 10.2 Å². The molecule has 1 saturated heterocycles. The summed E-state index contributed by atoms with van der Waals surface area (Å²) in [6.07, 6.45) is 3.37. The zero-order valence-corrected chi connectivity index (χ0v) is 12.3. The minimum Gasteiger partial charge on any atom is -0.481 e. The van der Waals surface area contributed by atoms with Gasteiger partial charge in [-0.1, -0.05) is 12.8 Å². The van der Waals surface area contributed by atoms with E-state index in [4.69, 9.17) is 0 Å². The molecule has 2 amide bonds. The van der Waals surface area contributed by atoms with E-state index < -0.39 is 11.9 Å². The zero-order valence-electron chi connectivity index (χ0n) is 12.3. The summed E-state index contributed by atoms with van der Waals surface area (Å²) in [4.78, 5) is 27.6. The number of carboxylic acids is 1. The number of nitrogens with zero attached hydrogens (tertiary/aromatic N) is 2. The van der Waals surface area contributed by atoms with Gasteiger partial charge in [0.15, 0.2) is 0 Å². The summed E-state index contributed by atoms with van der Waals surface area (Å²) in [7, 11) is 2.05. The van der Waals surface area contributed by atoms with Gasteiger partial charge in [0.2, 0.25) is 0 Å². The molecule has 0 spiro atoms. The molecule has 0 radical (unpaired) electrons. The van der Waals surface area contributed by atoms with E-state index in [-0.39, 0.29) is 18.1 Å². The van der Waals surface area contributed by atoms with Gasteiger partial charge in [0.25, 0.3) is 0 Å². The van der Waals surface area contributed by atoms with Crippen molar-refractivity contribution in [3.63, 3.8) is 0 Å². The topological polar surface area (TPSA) is 72.9 Å². The highest BCUT2D eigenvalue weighted by Crippen LogP contribution is 2.25. The van der Waals surface area contributed by atoms with Crippen molar-refractivity contribution in [2.45, 2.75) is 44.7 Å². The molecule has 3 atom stereocenters. The molecule has 0 aromatic heterocycles. The lowest BCUT2D eigenvalue weighted by Gasteiger charge is -2.39. The normalized spacial score (nSPS) is 31.9. The number of nitrogens with one attached hydrogen (secondary N) is 1. The van der Waals surface area contributed by atoms with E-state index in [1.807, 2.05) is 18.9 Å². The molecule has 1 saturated carbocycles. The quantitative estimate of drug-likeness (QED) is 0.792. The third-order valence-electron chi connectivity index (χ3n) is 4.48. The molecule has 0 aromatic rings. The third kappa shape index (κ3) is 3.42. The van der Waals surface area contributed by atoms with Crippen molar-refractivity contribution in [1.29, 1.82) is 0 Å². The predicted octanol–water partition coefficient (Wildman–Crippen LogP) is 0.975. The number of amides is 2. The number of aliphatic carboxylic acids is 1. The monoisotopic (exact) mass is 283 g/mol. The summed E-state index contributed by atoms with van der Waals surface area (Å²) < 4.78 is 0. The Morgan fingerprint density at radius 3 is 2.55 bits per heavy atom. The highest BCUT2D eigenvalue weighted by molar-refractivity contribution is 5.77. The summed E-state index contributed by atoms with van der Waals surface area (Å²) in [6.45, 7) is 4.46. The lowest BCUT2D eigenvalue weighted by molar-refractivity contribution is -0.143. The maximum atomic E-state index is 12.4. The first kappa shape index (κ1) is 15.1. The average molecular weight is 283 g/mol. The molecule has 1 heterocycles. The summed E-state index contributed by atoms with van der Waals surface area (Å²) in [6, 6.07) is -0.162. The van der Waals surface area contributed by atoms with Crippen LogP contribution in [0.5, 0.6) is 0 Å². The fourth-order valence-electron chi connectivity index (χ4n) is 3.28. The second-order valence-corrected chi connectivity index (χ2v) is 6.09. The fourth-order valence-corrected chi connectivity index (χ4v) is 3.28. The molecule has 2 N–H and O–H groups in total. The number of urea groups is 1. The number of likely N-dealkylation sites (N-methyl/N-ethyl adjacent to an activating group) is 1. The van der Waals surface area contributed by atoms with Crippen molar-refractivity contribution in [1.82, 2.24) is 15.1 Å². The molecule has 6 heteroatoms. The van der Waals surface area contributed by atoms with E-state index in [9.17, 15) is 14.7 Å². The second-order valence-electron chi connectivity index (χ2n) is 6.09. The van der Waals surface area contributed by atoms with E-state index in [0.29, 0.717) is 13.0 Å². The molecule has 20 heavy (non-hydrogen) atoms. The van der Waals surface area contributed by atoms with Crippen molar-refractivity contribution in [2.75, 3.05) is 26.7 Å². The van der Waals surface area contributed by atoms with Gasteiger partial charge in [0, 0.05) is 31.7 Å². The van der Waals surface area contributed by atoms with Crippen LogP contribution in [0.15, 0.2) is 0 Å². The predicted molar refractivity (Wildman–Crippen MR) is 75.6 cm³/mol. The Morgan fingerprint density at radius 1 is 1.20 bits per heavy atom. The first-order valence-electron chi connectivity index (χ1n) is 7.47. The lowest BCUT2D eigenvalue weighted by atomic mass is 9.84. The Bertz CT molecular complexity index is 375. The van der Waals surface area contributed by atoms with Crippen LogP contribution < -0.4 is 5.32 Å². The van der Waals surface area contributed by atoms with E-state index in [1.54, 1.807) is 0 Å². The molecule has 1 aliphatic carbocycles. The van der Waals surface area contributed by atoms with Crippen LogP contribution in [-0.2, 0) is 4.79 Å². The van der Waals surface area contributed by atoms with Crippen LogP contribution in [0.25, 0.3) is 0 Å². The zero-order chi connectivity index (χ0) is 14.7. The summed E-state index contributed by atoms with van der Waals surface area (Å²) in [5.74, 6) is -1.23. The molecule has 2 aliphatic rings. The fraction of sp³-hybridized carbons (Fsp3) is 0.857. The van der Waals surface area contributed by atoms with Gasteiger partial charge in [-0.3, -0.25) is 4.79 Å². The molecular formula is C14H25N3O3. The maximum Gasteiger partial charge on any atom is 0.317 e. The van der Waals surface area contributed by atoms with Crippen LogP contribution in [0.3, 0.4) is 0 Å². The Hall–Kier alpha value is -1.30. The molecule has 6 nitrogen and oxygen atoms in total. The molecule has 2 fully saturated rings. The SMILES string of the molecule is CC1CN(C)CCN1C(=O)NC1CCCCC1C(=O)O. The molecule has 1 aliphatic heterocycles. The van der Waals surface area contributed by atoms with Gasteiger partial charge in [0.05, 0.1) is 5.92 Å². The van der Waals surface area contributed by atoms with E-state index >= 15 is 0 Å². The largest absolute Gasteiger partial charge is 0.481 e. The number of carboxylic acid groups (broad SMARTS) is 1. The van der Waals surface area contributed by atoms with Crippen molar-refractivity contribution >= 4 is 12.0 Å². The van der Waals surface area contributed by atoms with Crippen LogP contribution in [0.2, 0.25) is 0 Å². The molecule has 0 bridgehead atoms. The number of piperazine rings is 1. The number of carbonyl (C=O) groups is 2. The molecule has 3 unspecified atom stereocenters. The molecule has 2 rings (SSSR count). The number of rotatable bonds is 2. The van der Waals surface area contributed by atoms with Crippen molar-refractivity contribution in [3.8, 4) is 0 Å². The molecular weight excluding hydrogens is 258 g/mol. The maximum absolute atomic E-state index is 12.4. The van der Waals surface area contributed by atoms with Crippen LogP contribution in [0.1, 0.15) is 32.6 Å². The van der Waals surface area contributed by atoms with Gasteiger partial charge < -0.3 is 20.2 Å². The molecule has 114 valence electrons. The standard InChI is InChI=1S/C14H25N3O3/c1-10-9-16(2)7-8-17(10)14(20)15-12-6-4-3-5-11(12)13(18)19/h10-12H,3-9H2,1-2H3,(H,15,20)(H,18,19). The Labute approximate surface area is 120 Å². The first-order valence-corrected chi connectivity index (χ1v) is 7.47. The van der Waals surface area contributed by atoms with Crippen molar-refractivity contribution in [3.05, 3.63) is 0 Å². The van der Waals surface area contributed by atoms with Gasteiger partial charge in [-0.05, 0) is 26.8 Å². The minimum absolute atomic E-state index is 0.108. The Kier molecular flexibility index (Phi) is 4.86. The first-order chi connectivity index (χ1) is 9.49. The summed E-state index contributed by atoms with van der Waals surface area (Å²) in [5.41, 5.74) is 0. The smallest absolute Gasteiger partial charge is 0.317 e. The van der Waals surface area contributed by atoms with E-state index in [0.717, 1.165) is 32.4 Å². The lowest BCUT2D eigenvalue weighted by Crippen LogP contribution is -2.58. The third-order valence-corrected chi connectivity index (χ3v) is 4.48. The van der Waals surface area contributed by atoms with E-state index in [1.165, 1.54) is 0 Å². The average Bonchev–Trinajstić information content (AvgIpc) is 2.38. The second kappa shape index (κ2) is 6.43. The minimum atomic E-state index is -0.790. The van der Waals surface area contributed by atoms with Crippen molar-refractivity contribution in [2.24, 2.45) is 5.92 Å². The van der Waals surface area contributed by atoms with Gasteiger partial charge in [-0.2, -0.15) is 0 Å². The van der Waals surface area contributed by atoms with Gasteiger partial charge in [-0.25, -0.2) is 4.79 Å². The number of carbonyl (C=O) groups excluding carboxylic acids is 1.